The van der Waals surface area contributed by atoms with Crippen LogP contribution in [0.1, 0.15) is 11.1 Å². The molecule has 0 atom stereocenters. The van der Waals surface area contributed by atoms with Crippen LogP contribution >= 0.6 is 0 Å². The zero-order valence-electron chi connectivity index (χ0n) is 17.9. The van der Waals surface area contributed by atoms with Crippen LogP contribution in [0.5, 0.6) is 17.4 Å². The number of H-pyrrole nitrogens is 1. The van der Waals surface area contributed by atoms with E-state index in [0.717, 1.165) is 4.57 Å². The molecule has 33 heavy (non-hydrogen) atoms. The number of fused-ring (bicyclic) bond motifs is 1. The number of methoxy groups -OCH3 is 3. The van der Waals surface area contributed by atoms with Gasteiger partial charge in [-0.15, -0.1) is 0 Å². The van der Waals surface area contributed by atoms with Gasteiger partial charge in [0.1, 0.15) is 17.1 Å². The van der Waals surface area contributed by atoms with Crippen LogP contribution in [-0.4, -0.2) is 47.7 Å². The fourth-order valence-corrected chi connectivity index (χ4v) is 3.51. The molecule has 10 nitrogen and oxygen atoms in total. The van der Waals surface area contributed by atoms with Gasteiger partial charge in [0, 0.05) is 17.2 Å². The van der Waals surface area contributed by atoms with E-state index in [9.17, 15) is 19.5 Å². The molecule has 1 aromatic heterocycles. The molecule has 4 rings (SSSR count). The number of aliphatic imine (C=N–C) groups is 1. The van der Waals surface area contributed by atoms with Crippen molar-refractivity contribution in [2.45, 2.75) is 0 Å². The lowest BCUT2D eigenvalue weighted by Crippen LogP contribution is -2.30. The summed E-state index contributed by atoms with van der Waals surface area (Å²) >= 11 is 0. The normalized spacial score (nSPS) is 13.4. The van der Waals surface area contributed by atoms with Gasteiger partial charge in [0.25, 0.3) is 5.56 Å². The number of carbonyl (C=O) groups is 1. The van der Waals surface area contributed by atoms with Gasteiger partial charge < -0.3 is 19.3 Å². The Morgan fingerprint density at radius 1 is 1.09 bits per heavy atom. The molecule has 10 heteroatoms. The first-order valence-electron chi connectivity index (χ1n) is 9.68. The Morgan fingerprint density at radius 3 is 2.55 bits per heavy atom. The van der Waals surface area contributed by atoms with Crippen LogP contribution in [0.2, 0.25) is 0 Å². The molecular weight excluding hydrogens is 430 g/mol. The van der Waals surface area contributed by atoms with Crippen molar-refractivity contribution in [3.63, 3.8) is 0 Å². The molecule has 0 saturated heterocycles. The maximum Gasteiger partial charge on any atom is 0.357 e. The molecule has 0 radical (unpaired) electrons. The highest BCUT2D eigenvalue weighted by Gasteiger charge is 2.28. The van der Waals surface area contributed by atoms with Gasteiger partial charge in [-0.05, 0) is 24.3 Å². The number of esters is 1. The van der Waals surface area contributed by atoms with Crippen LogP contribution in [0.25, 0.3) is 17.3 Å². The Morgan fingerprint density at radius 2 is 1.85 bits per heavy atom. The molecule has 3 aromatic rings. The van der Waals surface area contributed by atoms with E-state index in [1.54, 1.807) is 36.4 Å². The van der Waals surface area contributed by atoms with Gasteiger partial charge in [0.05, 0.1) is 32.7 Å². The summed E-state index contributed by atoms with van der Waals surface area (Å²) in [6.45, 7) is 0. The van der Waals surface area contributed by atoms with E-state index in [1.807, 2.05) is 0 Å². The summed E-state index contributed by atoms with van der Waals surface area (Å²) in [7, 11) is 4.06. The van der Waals surface area contributed by atoms with E-state index in [1.165, 1.54) is 33.5 Å². The molecule has 0 aliphatic carbocycles. The molecular formula is C23H19N3O7. The van der Waals surface area contributed by atoms with E-state index < -0.39 is 23.1 Å². The molecule has 0 amide bonds. The molecule has 1 aliphatic rings. The van der Waals surface area contributed by atoms with Crippen molar-refractivity contribution in [1.29, 1.82) is 0 Å². The Labute approximate surface area is 187 Å². The van der Waals surface area contributed by atoms with Gasteiger partial charge in [-0.3, -0.25) is 9.78 Å². The lowest BCUT2D eigenvalue weighted by Gasteiger charge is -2.15. The average molecular weight is 449 g/mol. The quantitative estimate of drug-likeness (QED) is 0.570. The second-order valence-electron chi connectivity index (χ2n) is 6.90. The Bertz CT molecular complexity index is 1450. The smallest absolute Gasteiger partial charge is 0.357 e. The van der Waals surface area contributed by atoms with Crippen LogP contribution in [0.3, 0.4) is 0 Å². The van der Waals surface area contributed by atoms with Crippen molar-refractivity contribution in [1.82, 2.24) is 9.55 Å². The maximum absolute atomic E-state index is 12.7. The molecule has 2 heterocycles. The third-order valence-electron chi connectivity index (χ3n) is 5.10. The second kappa shape index (κ2) is 8.50. The number of benzene rings is 2. The molecule has 1 aliphatic heterocycles. The first-order valence-corrected chi connectivity index (χ1v) is 9.68. The van der Waals surface area contributed by atoms with Crippen LogP contribution in [0.15, 0.2) is 57.0 Å². The fraction of sp³-hybridized carbons (Fsp3) is 0.130. The van der Waals surface area contributed by atoms with E-state index in [2.05, 4.69) is 9.98 Å². The maximum atomic E-state index is 12.7. The number of hydrogen-bond donors (Lipinski definition) is 2. The summed E-state index contributed by atoms with van der Waals surface area (Å²) in [4.78, 5) is 44.1. The number of para-hydroxylation sites is 1. The largest absolute Gasteiger partial charge is 0.497 e. The van der Waals surface area contributed by atoms with E-state index in [-0.39, 0.29) is 28.3 Å². The minimum atomic E-state index is -0.889. The lowest BCUT2D eigenvalue weighted by molar-refractivity contribution is -0.132. The number of hydrogen-bond acceptors (Lipinski definition) is 8. The highest BCUT2D eigenvalue weighted by Crippen LogP contribution is 2.37. The predicted molar refractivity (Wildman–Crippen MR) is 121 cm³/mol. The van der Waals surface area contributed by atoms with Crippen LogP contribution < -0.4 is 20.7 Å². The number of nitrogens with one attached hydrogen (secondary N) is 1. The van der Waals surface area contributed by atoms with Crippen molar-refractivity contribution < 1.29 is 24.1 Å². The standard InChI is InChI=1S/C23H19N3O7/c1-31-12-8-9-18(32-2)17(10-12)26-21(28)15(20(27)25-23(26)30)11-14-13-6-4-5-7-16(13)24-19(14)22(29)33-3/h4-11,28H,1-3H3,(H,25,27,30). The number of aromatic nitrogens is 2. The van der Waals surface area contributed by atoms with E-state index in [0.29, 0.717) is 17.0 Å². The van der Waals surface area contributed by atoms with E-state index in [4.69, 9.17) is 14.2 Å². The molecule has 0 spiro atoms. The van der Waals surface area contributed by atoms with Crippen LogP contribution in [0.4, 0.5) is 5.69 Å². The van der Waals surface area contributed by atoms with Crippen molar-refractivity contribution in [2.75, 3.05) is 21.3 Å². The van der Waals surface area contributed by atoms with Gasteiger partial charge in [-0.2, -0.15) is 0 Å². The third-order valence-corrected chi connectivity index (χ3v) is 5.10. The summed E-state index contributed by atoms with van der Waals surface area (Å²) in [6.07, 6.45) is 1.29. The van der Waals surface area contributed by atoms with Gasteiger partial charge in [-0.25, -0.2) is 19.1 Å². The minimum Gasteiger partial charge on any atom is -0.497 e. The summed E-state index contributed by atoms with van der Waals surface area (Å²) in [6, 6.07) is 11.6. The van der Waals surface area contributed by atoms with Gasteiger partial charge in [-0.1, -0.05) is 18.2 Å². The van der Waals surface area contributed by atoms with Crippen molar-refractivity contribution >= 4 is 29.0 Å². The lowest BCUT2D eigenvalue weighted by atomic mass is 10.0. The molecule has 0 saturated carbocycles. The summed E-state index contributed by atoms with van der Waals surface area (Å²) in [5.41, 5.74) is -0.560. The molecule has 0 fully saturated rings. The number of aromatic amines is 1. The summed E-state index contributed by atoms with van der Waals surface area (Å²) < 4.78 is 16.2. The van der Waals surface area contributed by atoms with Crippen molar-refractivity contribution in [3.05, 3.63) is 74.4 Å². The van der Waals surface area contributed by atoms with Crippen LogP contribution in [-0.2, 0) is 9.53 Å². The SMILES string of the molecule is COC(=O)C1=Nc2ccccc2C1=Cc1c(O)n(-c2cc(OC)ccc2OC)c(=O)[nH]c1=O. The van der Waals surface area contributed by atoms with Crippen molar-refractivity contribution in [2.24, 2.45) is 4.99 Å². The summed E-state index contributed by atoms with van der Waals surface area (Å²) in [5.74, 6) is -0.720. The highest BCUT2D eigenvalue weighted by atomic mass is 16.5. The summed E-state index contributed by atoms with van der Waals surface area (Å²) in [5, 5.41) is 11.0. The van der Waals surface area contributed by atoms with Gasteiger partial charge >= 0.3 is 11.7 Å². The number of nitrogens with zero attached hydrogens (tertiary/aromatic N) is 2. The fourth-order valence-electron chi connectivity index (χ4n) is 3.51. The van der Waals surface area contributed by atoms with Crippen LogP contribution in [0, 0.1) is 0 Å². The molecule has 2 aromatic carbocycles. The number of aromatic hydroxyl groups is 1. The molecule has 0 unspecified atom stereocenters. The first kappa shape index (κ1) is 21.6. The van der Waals surface area contributed by atoms with Gasteiger partial charge in [0.2, 0.25) is 5.88 Å². The first-order chi connectivity index (χ1) is 15.9. The van der Waals surface area contributed by atoms with Crippen molar-refractivity contribution in [3.8, 4) is 23.1 Å². The monoisotopic (exact) mass is 449 g/mol. The number of carbonyl (C=O) groups excluding carboxylic acids is 1. The zero-order chi connectivity index (χ0) is 23.7. The topological polar surface area (TPSA) is 132 Å². The minimum absolute atomic E-state index is 0.0331. The Balaban J connectivity index is 1.99. The Kier molecular flexibility index (Phi) is 5.57. The van der Waals surface area contributed by atoms with E-state index >= 15 is 0 Å². The van der Waals surface area contributed by atoms with Gasteiger partial charge in [0.15, 0.2) is 5.71 Å². The molecule has 168 valence electrons. The zero-order valence-corrected chi connectivity index (χ0v) is 17.9. The Hall–Kier alpha value is -4.60. The average Bonchev–Trinajstić information content (AvgIpc) is 3.19. The second-order valence-corrected chi connectivity index (χ2v) is 6.90. The highest BCUT2D eigenvalue weighted by molar-refractivity contribution is 6.58. The third kappa shape index (κ3) is 3.67. The number of ether oxygens (including phenoxy) is 3. The number of rotatable bonds is 5. The molecule has 2 N–H and O–H groups in total. The molecule has 0 bridgehead atoms. The predicted octanol–water partition coefficient (Wildman–Crippen LogP) is 2.05.